The number of H-pyrrole nitrogens is 1. The molecule has 2 aliphatic heterocycles. The van der Waals surface area contributed by atoms with Crippen molar-refractivity contribution < 1.29 is 13.2 Å². The van der Waals surface area contributed by atoms with Crippen LogP contribution in [0.3, 0.4) is 0 Å². The van der Waals surface area contributed by atoms with E-state index in [1.54, 1.807) is 24.3 Å². The molecule has 0 saturated carbocycles. The van der Waals surface area contributed by atoms with Crippen LogP contribution in [0.1, 0.15) is 34.6 Å². The molecule has 0 unspecified atom stereocenters. The Hall–Kier alpha value is -2.39. The van der Waals surface area contributed by atoms with E-state index in [0.717, 1.165) is 43.0 Å². The first-order valence-electron chi connectivity index (χ1n) is 10.0. The monoisotopic (exact) mass is 417 g/mol. The van der Waals surface area contributed by atoms with Gasteiger partial charge in [0.15, 0.2) is 0 Å². The van der Waals surface area contributed by atoms with Crippen LogP contribution in [0, 0.1) is 13.8 Å². The van der Waals surface area contributed by atoms with Gasteiger partial charge in [-0.25, -0.2) is 8.42 Å². The van der Waals surface area contributed by atoms with Crippen LogP contribution in [-0.4, -0.2) is 73.0 Å². The third-order valence-electron chi connectivity index (χ3n) is 5.78. The molecular formula is C20H27N5O3S. The van der Waals surface area contributed by atoms with Gasteiger partial charge in [0.05, 0.1) is 22.0 Å². The van der Waals surface area contributed by atoms with E-state index in [2.05, 4.69) is 15.1 Å². The van der Waals surface area contributed by atoms with Crippen LogP contribution in [0.4, 0.5) is 5.69 Å². The number of nitrogens with one attached hydrogen (secondary N) is 1. The molecule has 0 spiro atoms. The lowest BCUT2D eigenvalue weighted by Crippen LogP contribution is -2.49. The SMILES string of the molecule is Cc1n[nH]c(C)c1N1CCN(C(=O)c2ccc(S(=O)(=O)N3CCCC3)cc2)CC1. The molecule has 2 aliphatic rings. The van der Waals surface area contributed by atoms with Gasteiger partial charge in [0.25, 0.3) is 5.91 Å². The summed E-state index contributed by atoms with van der Waals surface area (Å²) in [4.78, 5) is 17.2. The second-order valence-electron chi connectivity index (χ2n) is 7.70. The van der Waals surface area contributed by atoms with Crippen LogP contribution in [-0.2, 0) is 10.0 Å². The predicted molar refractivity (Wildman–Crippen MR) is 111 cm³/mol. The molecule has 4 rings (SSSR count). The highest BCUT2D eigenvalue weighted by Gasteiger charge is 2.28. The summed E-state index contributed by atoms with van der Waals surface area (Å²) in [5, 5.41) is 7.26. The molecule has 2 fully saturated rings. The zero-order valence-corrected chi connectivity index (χ0v) is 17.7. The van der Waals surface area contributed by atoms with Crippen molar-refractivity contribution in [2.75, 3.05) is 44.2 Å². The summed E-state index contributed by atoms with van der Waals surface area (Å²) in [5.74, 6) is -0.0598. The Morgan fingerprint density at radius 3 is 2.14 bits per heavy atom. The van der Waals surface area contributed by atoms with Crippen molar-refractivity contribution in [1.82, 2.24) is 19.4 Å². The highest BCUT2D eigenvalue weighted by atomic mass is 32.2. The normalized spacial score (nSPS) is 18.4. The molecular weight excluding hydrogens is 390 g/mol. The number of rotatable bonds is 4. The Bertz CT molecular complexity index is 966. The highest BCUT2D eigenvalue weighted by molar-refractivity contribution is 7.89. The van der Waals surface area contributed by atoms with Crippen LogP contribution in [0.2, 0.25) is 0 Å². The molecule has 156 valence electrons. The Labute approximate surface area is 171 Å². The lowest BCUT2D eigenvalue weighted by atomic mass is 10.1. The van der Waals surface area contributed by atoms with E-state index in [1.165, 1.54) is 4.31 Å². The fourth-order valence-corrected chi connectivity index (χ4v) is 5.69. The summed E-state index contributed by atoms with van der Waals surface area (Å²) in [6.07, 6.45) is 1.80. The maximum atomic E-state index is 12.9. The number of carbonyl (C=O) groups is 1. The van der Waals surface area contributed by atoms with E-state index in [9.17, 15) is 13.2 Å². The van der Waals surface area contributed by atoms with Gasteiger partial charge in [0.1, 0.15) is 0 Å². The van der Waals surface area contributed by atoms with Crippen LogP contribution >= 0.6 is 0 Å². The van der Waals surface area contributed by atoms with Crippen molar-refractivity contribution in [2.45, 2.75) is 31.6 Å². The van der Waals surface area contributed by atoms with Gasteiger partial charge in [-0.3, -0.25) is 9.89 Å². The van der Waals surface area contributed by atoms with E-state index < -0.39 is 10.0 Å². The second kappa shape index (κ2) is 7.79. The maximum absolute atomic E-state index is 12.9. The molecule has 0 bridgehead atoms. The number of anilines is 1. The first kappa shape index (κ1) is 19.9. The molecule has 8 nitrogen and oxygen atoms in total. The van der Waals surface area contributed by atoms with E-state index in [0.29, 0.717) is 31.7 Å². The molecule has 1 aromatic heterocycles. The zero-order valence-electron chi connectivity index (χ0n) is 16.9. The van der Waals surface area contributed by atoms with Crippen molar-refractivity contribution in [3.05, 3.63) is 41.2 Å². The number of hydrogen-bond donors (Lipinski definition) is 1. The molecule has 0 aliphatic carbocycles. The van der Waals surface area contributed by atoms with E-state index in [4.69, 9.17) is 0 Å². The molecule has 1 aromatic carbocycles. The molecule has 1 amide bonds. The lowest BCUT2D eigenvalue weighted by Gasteiger charge is -2.36. The average Bonchev–Trinajstić information content (AvgIpc) is 3.38. The van der Waals surface area contributed by atoms with Crippen LogP contribution in [0.15, 0.2) is 29.2 Å². The number of hydrogen-bond acceptors (Lipinski definition) is 5. The minimum absolute atomic E-state index is 0.0598. The number of aromatic nitrogens is 2. The number of carbonyl (C=O) groups excluding carboxylic acids is 1. The molecule has 0 atom stereocenters. The van der Waals surface area contributed by atoms with Crippen molar-refractivity contribution in [3.63, 3.8) is 0 Å². The smallest absolute Gasteiger partial charge is 0.253 e. The minimum Gasteiger partial charge on any atom is -0.365 e. The van der Waals surface area contributed by atoms with Crippen LogP contribution in [0.25, 0.3) is 0 Å². The fourth-order valence-electron chi connectivity index (χ4n) is 4.17. The van der Waals surface area contributed by atoms with Crippen molar-refractivity contribution in [3.8, 4) is 0 Å². The highest BCUT2D eigenvalue weighted by Crippen LogP contribution is 2.24. The van der Waals surface area contributed by atoms with Gasteiger partial charge in [-0.15, -0.1) is 0 Å². The van der Waals surface area contributed by atoms with Gasteiger partial charge in [0.2, 0.25) is 10.0 Å². The molecule has 3 heterocycles. The minimum atomic E-state index is -3.45. The molecule has 1 N–H and O–H groups in total. The standard InChI is InChI=1S/C20H27N5O3S/c1-15-19(16(2)22-21-15)23-11-13-24(14-12-23)20(26)17-5-7-18(8-6-17)29(27,28)25-9-3-4-10-25/h5-8H,3-4,9-14H2,1-2H3,(H,21,22). The molecule has 2 saturated heterocycles. The summed E-state index contributed by atoms with van der Waals surface area (Å²) in [6.45, 7) is 7.86. The maximum Gasteiger partial charge on any atom is 0.253 e. The lowest BCUT2D eigenvalue weighted by molar-refractivity contribution is 0.0746. The number of piperazine rings is 1. The molecule has 2 aromatic rings. The van der Waals surface area contributed by atoms with Crippen LogP contribution in [0.5, 0.6) is 0 Å². The Kier molecular flexibility index (Phi) is 5.35. The predicted octanol–water partition coefficient (Wildman–Crippen LogP) is 1.77. The average molecular weight is 418 g/mol. The summed E-state index contributed by atoms with van der Waals surface area (Å²) >= 11 is 0. The topological polar surface area (TPSA) is 89.6 Å². The summed E-state index contributed by atoms with van der Waals surface area (Å²) in [7, 11) is -3.45. The Morgan fingerprint density at radius 1 is 0.966 bits per heavy atom. The number of sulfonamides is 1. The Morgan fingerprint density at radius 2 is 1.59 bits per heavy atom. The summed E-state index contributed by atoms with van der Waals surface area (Å²) in [5.41, 5.74) is 3.65. The van der Waals surface area contributed by atoms with Crippen molar-refractivity contribution in [1.29, 1.82) is 0 Å². The van der Waals surface area contributed by atoms with Gasteiger partial charge in [-0.2, -0.15) is 9.40 Å². The molecule has 9 heteroatoms. The fraction of sp³-hybridized carbons (Fsp3) is 0.500. The molecule has 0 radical (unpaired) electrons. The first-order valence-corrected chi connectivity index (χ1v) is 11.5. The third-order valence-corrected chi connectivity index (χ3v) is 7.69. The first-order chi connectivity index (χ1) is 13.9. The van der Waals surface area contributed by atoms with Gasteiger partial charge in [0, 0.05) is 44.8 Å². The van der Waals surface area contributed by atoms with Crippen molar-refractivity contribution in [2.24, 2.45) is 0 Å². The van der Waals surface area contributed by atoms with Gasteiger partial charge < -0.3 is 9.80 Å². The van der Waals surface area contributed by atoms with E-state index >= 15 is 0 Å². The van der Waals surface area contributed by atoms with Gasteiger partial charge >= 0.3 is 0 Å². The number of aryl methyl sites for hydroxylation is 2. The number of benzene rings is 1. The number of aromatic amines is 1. The van der Waals surface area contributed by atoms with Gasteiger partial charge in [-0.05, 0) is 51.0 Å². The quantitative estimate of drug-likeness (QED) is 0.819. The van der Waals surface area contributed by atoms with Crippen LogP contribution < -0.4 is 4.90 Å². The summed E-state index contributed by atoms with van der Waals surface area (Å²) < 4.78 is 26.8. The second-order valence-corrected chi connectivity index (χ2v) is 9.64. The molecule has 29 heavy (non-hydrogen) atoms. The Balaban J connectivity index is 1.41. The van der Waals surface area contributed by atoms with E-state index in [1.807, 2.05) is 18.7 Å². The largest absolute Gasteiger partial charge is 0.365 e. The number of amides is 1. The van der Waals surface area contributed by atoms with E-state index in [-0.39, 0.29) is 10.8 Å². The van der Waals surface area contributed by atoms with Gasteiger partial charge in [-0.1, -0.05) is 0 Å². The third kappa shape index (κ3) is 3.76. The number of nitrogens with zero attached hydrogens (tertiary/aromatic N) is 4. The zero-order chi connectivity index (χ0) is 20.6. The van der Waals surface area contributed by atoms with Crippen molar-refractivity contribution >= 4 is 21.6 Å². The summed E-state index contributed by atoms with van der Waals surface area (Å²) in [6, 6.07) is 6.36.